The average Bonchev–Trinajstić information content (AvgIpc) is 3.01. The molecule has 0 bridgehead atoms. The highest BCUT2D eigenvalue weighted by Gasteiger charge is 2.34. The van der Waals surface area contributed by atoms with Gasteiger partial charge < -0.3 is 20.1 Å². The van der Waals surface area contributed by atoms with E-state index >= 15 is 0 Å². The summed E-state index contributed by atoms with van der Waals surface area (Å²) in [5, 5.41) is 13.8. The van der Waals surface area contributed by atoms with Crippen LogP contribution in [0.3, 0.4) is 0 Å². The topological polar surface area (TPSA) is 117 Å². The number of nitrogens with zero attached hydrogens (tertiary/aromatic N) is 1. The number of benzene rings is 1. The number of nitrogens with two attached hydrogens (primary N) is 1. The maximum Gasteiger partial charge on any atom is 0.331 e. The fraction of sp³-hybridized carbons (Fsp3) is 0.333. The van der Waals surface area contributed by atoms with E-state index in [1.165, 1.54) is 7.11 Å². The third-order valence-corrected chi connectivity index (χ3v) is 4.99. The standard InChI is InChI=1S/C18H20N4O4/c1-26-9-8-22-17(24)13(16(23)21-18(22)25)15-14-11(6-7-19-15)10-4-2-3-5-12(10)20-14/h2-5,15,19-20,24H,6-9H2,1H3,(H,21,23,25)/p+1/t15-/m0/s1. The van der Waals surface area contributed by atoms with Crippen LogP contribution in [0.2, 0.25) is 0 Å². The van der Waals surface area contributed by atoms with Gasteiger partial charge in [-0.15, -0.1) is 0 Å². The van der Waals surface area contributed by atoms with Crippen LogP contribution in [0.4, 0.5) is 0 Å². The summed E-state index contributed by atoms with van der Waals surface area (Å²) in [4.78, 5) is 30.3. The molecule has 0 unspecified atom stereocenters. The van der Waals surface area contributed by atoms with Gasteiger partial charge in [-0.3, -0.25) is 14.3 Å². The van der Waals surface area contributed by atoms with Gasteiger partial charge in [0.1, 0.15) is 5.56 Å². The largest absolute Gasteiger partial charge is 0.494 e. The summed E-state index contributed by atoms with van der Waals surface area (Å²) < 4.78 is 6.13. The van der Waals surface area contributed by atoms with Crippen molar-refractivity contribution >= 4 is 10.9 Å². The first-order valence-corrected chi connectivity index (χ1v) is 8.59. The molecular formula is C18H21N4O4+. The summed E-state index contributed by atoms with van der Waals surface area (Å²) in [5.41, 5.74) is 2.04. The smallest absolute Gasteiger partial charge is 0.331 e. The van der Waals surface area contributed by atoms with E-state index in [-0.39, 0.29) is 24.6 Å². The van der Waals surface area contributed by atoms with E-state index < -0.39 is 17.3 Å². The van der Waals surface area contributed by atoms with Gasteiger partial charge in [0, 0.05) is 24.4 Å². The number of quaternary nitrogens is 1. The van der Waals surface area contributed by atoms with Gasteiger partial charge in [-0.1, -0.05) is 18.2 Å². The number of H-pyrrole nitrogens is 2. The van der Waals surface area contributed by atoms with Crippen LogP contribution in [0.1, 0.15) is 22.9 Å². The Bertz CT molecular complexity index is 1080. The molecular weight excluding hydrogens is 336 g/mol. The van der Waals surface area contributed by atoms with Crippen molar-refractivity contribution in [2.24, 2.45) is 0 Å². The zero-order chi connectivity index (χ0) is 18.3. The number of ether oxygens (including phenoxy) is 1. The van der Waals surface area contributed by atoms with Gasteiger partial charge in [0.2, 0.25) is 5.88 Å². The first-order chi connectivity index (χ1) is 12.6. The van der Waals surface area contributed by atoms with E-state index in [2.05, 4.69) is 16.0 Å². The highest BCUT2D eigenvalue weighted by Crippen LogP contribution is 2.31. The highest BCUT2D eigenvalue weighted by molar-refractivity contribution is 5.85. The van der Waals surface area contributed by atoms with Crippen molar-refractivity contribution in [1.82, 2.24) is 14.5 Å². The normalized spacial score (nSPS) is 16.7. The number of rotatable bonds is 4. The van der Waals surface area contributed by atoms with Gasteiger partial charge in [-0.05, 0) is 11.6 Å². The number of hydrogen-bond acceptors (Lipinski definition) is 4. The van der Waals surface area contributed by atoms with Crippen LogP contribution in [-0.2, 0) is 17.7 Å². The minimum atomic E-state index is -0.638. The Balaban J connectivity index is 1.90. The molecule has 2 aromatic heterocycles. The molecule has 1 aliphatic rings. The first-order valence-electron chi connectivity index (χ1n) is 8.59. The Labute approximate surface area is 148 Å². The fourth-order valence-electron chi connectivity index (χ4n) is 3.78. The number of methoxy groups -OCH3 is 1. The van der Waals surface area contributed by atoms with Gasteiger partial charge in [0.05, 0.1) is 25.4 Å². The van der Waals surface area contributed by atoms with Crippen LogP contribution >= 0.6 is 0 Å². The Kier molecular flexibility index (Phi) is 4.14. The summed E-state index contributed by atoms with van der Waals surface area (Å²) in [5.74, 6) is -0.302. The van der Waals surface area contributed by atoms with Crippen molar-refractivity contribution < 1.29 is 15.2 Å². The van der Waals surface area contributed by atoms with Gasteiger partial charge in [0.25, 0.3) is 5.56 Å². The second-order valence-corrected chi connectivity index (χ2v) is 6.46. The molecule has 0 aliphatic carbocycles. The third-order valence-electron chi connectivity index (χ3n) is 4.99. The zero-order valence-electron chi connectivity index (χ0n) is 14.4. The van der Waals surface area contributed by atoms with Crippen molar-refractivity contribution in [3.05, 3.63) is 61.9 Å². The van der Waals surface area contributed by atoms with Crippen molar-refractivity contribution in [2.45, 2.75) is 19.0 Å². The summed E-state index contributed by atoms with van der Waals surface area (Å²) in [6.07, 6.45) is 0.873. The molecule has 26 heavy (non-hydrogen) atoms. The van der Waals surface area contributed by atoms with Crippen molar-refractivity contribution in [1.29, 1.82) is 0 Å². The molecule has 1 aliphatic heterocycles. The molecule has 0 fully saturated rings. The molecule has 0 amide bonds. The molecule has 0 saturated carbocycles. The molecule has 8 heteroatoms. The molecule has 8 nitrogen and oxygen atoms in total. The zero-order valence-corrected chi connectivity index (χ0v) is 14.4. The second kappa shape index (κ2) is 6.47. The number of fused-ring (bicyclic) bond motifs is 3. The summed E-state index contributed by atoms with van der Waals surface area (Å²) in [6, 6.07) is 7.59. The molecule has 3 aromatic rings. The van der Waals surface area contributed by atoms with Crippen LogP contribution in [0, 0.1) is 0 Å². The predicted octanol–water partition coefficient (Wildman–Crippen LogP) is -0.421. The number of hydrogen-bond donors (Lipinski definition) is 4. The van der Waals surface area contributed by atoms with E-state index in [0.717, 1.165) is 39.7 Å². The number of nitrogens with one attached hydrogen (secondary N) is 2. The Morgan fingerprint density at radius 2 is 2.12 bits per heavy atom. The Morgan fingerprint density at radius 1 is 1.31 bits per heavy atom. The SMILES string of the molecule is COCCn1c(O)c([C@@H]2[NH2+]CCc3c2[nH]c2ccccc32)c(=O)[nH]c1=O. The quantitative estimate of drug-likeness (QED) is 0.507. The predicted molar refractivity (Wildman–Crippen MR) is 95.5 cm³/mol. The lowest BCUT2D eigenvalue weighted by molar-refractivity contribution is -0.690. The van der Waals surface area contributed by atoms with Crippen molar-refractivity contribution in [2.75, 3.05) is 20.3 Å². The van der Waals surface area contributed by atoms with Gasteiger partial charge >= 0.3 is 5.69 Å². The lowest BCUT2D eigenvalue weighted by Crippen LogP contribution is -2.87. The third kappa shape index (κ3) is 2.54. The number of aromatic hydroxyl groups is 1. The minimum absolute atomic E-state index is 0.164. The van der Waals surface area contributed by atoms with E-state index in [9.17, 15) is 14.7 Å². The maximum absolute atomic E-state index is 12.5. The average molecular weight is 357 g/mol. The van der Waals surface area contributed by atoms with E-state index in [4.69, 9.17) is 4.74 Å². The van der Waals surface area contributed by atoms with Gasteiger partial charge in [-0.2, -0.15) is 0 Å². The Morgan fingerprint density at radius 3 is 2.92 bits per heavy atom. The summed E-state index contributed by atoms with van der Waals surface area (Å²) >= 11 is 0. The van der Waals surface area contributed by atoms with E-state index in [0.29, 0.717) is 0 Å². The van der Waals surface area contributed by atoms with Crippen LogP contribution in [-0.4, -0.2) is 39.9 Å². The van der Waals surface area contributed by atoms with Crippen LogP contribution in [0.25, 0.3) is 10.9 Å². The molecule has 0 saturated heterocycles. The Hall–Kier alpha value is -2.84. The van der Waals surface area contributed by atoms with Crippen LogP contribution < -0.4 is 16.6 Å². The van der Waals surface area contributed by atoms with E-state index in [1.54, 1.807) is 0 Å². The van der Waals surface area contributed by atoms with Gasteiger partial charge in [0.15, 0.2) is 6.04 Å². The maximum atomic E-state index is 12.5. The number of para-hydroxylation sites is 1. The number of aromatic amines is 2. The highest BCUT2D eigenvalue weighted by atomic mass is 16.5. The van der Waals surface area contributed by atoms with Crippen LogP contribution in [0.5, 0.6) is 5.88 Å². The lowest BCUT2D eigenvalue weighted by Gasteiger charge is -2.22. The second-order valence-electron chi connectivity index (χ2n) is 6.46. The molecule has 0 spiro atoms. The van der Waals surface area contributed by atoms with Gasteiger partial charge in [-0.25, -0.2) is 4.79 Å². The lowest BCUT2D eigenvalue weighted by atomic mass is 9.95. The summed E-state index contributed by atoms with van der Waals surface area (Å²) in [6.45, 7) is 1.21. The molecule has 1 aromatic carbocycles. The minimum Gasteiger partial charge on any atom is -0.494 e. The molecule has 1 atom stereocenters. The number of aromatic nitrogens is 3. The molecule has 0 radical (unpaired) electrons. The molecule has 136 valence electrons. The van der Waals surface area contributed by atoms with Crippen molar-refractivity contribution in [3.63, 3.8) is 0 Å². The molecule has 3 heterocycles. The summed E-state index contributed by atoms with van der Waals surface area (Å²) in [7, 11) is 1.51. The van der Waals surface area contributed by atoms with Crippen molar-refractivity contribution in [3.8, 4) is 5.88 Å². The molecule has 5 N–H and O–H groups in total. The fourth-order valence-corrected chi connectivity index (χ4v) is 3.78. The monoisotopic (exact) mass is 357 g/mol. The molecule has 4 rings (SSSR count). The first kappa shape index (κ1) is 16.6. The van der Waals surface area contributed by atoms with Crippen LogP contribution in [0.15, 0.2) is 33.9 Å². The van der Waals surface area contributed by atoms with E-state index in [1.807, 2.05) is 23.5 Å².